The number of rotatable bonds is 1. The van der Waals surface area contributed by atoms with Crippen LogP contribution in [0.2, 0.25) is 0 Å². The Kier molecular flexibility index (Phi) is 2.57. The third-order valence-corrected chi connectivity index (χ3v) is 2.36. The summed E-state index contributed by atoms with van der Waals surface area (Å²) in [7, 11) is 1.66. The third-order valence-electron chi connectivity index (χ3n) is 2.36. The highest BCUT2D eigenvalue weighted by Gasteiger charge is 2.30. The summed E-state index contributed by atoms with van der Waals surface area (Å²) < 4.78 is 39.1. The first-order valence-electron chi connectivity index (χ1n) is 4.84. The molecule has 0 saturated carbocycles. The van der Waals surface area contributed by atoms with Crippen molar-refractivity contribution >= 4 is 5.82 Å². The van der Waals surface area contributed by atoms with E-state index >= 15 is 0 Å². The molecule has 0 fully saturated rings. The molecule has 0 spiro atoms. The minimum atomic E-state index is -4.35. The summed E-state index contributed by atoms with van der Waals surface area (Å²) in [5.41, 5.74) is 5.83. The van der Waals surface area contributed by atoms with Crippen LogP contribution < -0.4 is 5.73 Å². The lowest BCUT2D eigenvalue weighted by atomic mass is 10.1. The molecule has 0 atom stereocenters. The molecule has 0 unspecified atom stereocenters. The zero-order chi connectivity index (χ0) is 12.6. The summed E-state index contributed by atoms with van der Waals surface area (Å²) in [5.74, 6) is 0.215. The van der Waals surface area contributed by atoms with Crippen molar-refractivity contribution in [3.63, 3.8) is 0 Å². The van der Waals surface area contributed by atoms with Gasteiger partial charge in [0.15, 0.2) is 5.82 Å². The zero-order valence-electron chi connectivity index (χ0n) is 8.99. The van der Waals surface area contributed by atoms with Gasteiger partial charge in [-0.1, -0.05) is 12.1 Å². The maximum Gasteiger partial charge on any atom is 0.416 e. The Balaban J connectivity index is 2.50. The number of halogens is 3. The van der Waals surface area contributed by atoms with Crippen LogP contribution in [0.25, 0.3) is 11.1 Å². The first-order chi connectivity index (χ1) is 7.88. The van der Waals surface area contributed by atoms with E-state index in [0.29, 0.717) is 11.1 Å². The van der Waals surface area contributed by atoms with Gasteiger partial charge in [0.05, 0.1) is 5.56 Å². The lowest BCUT2D eigenvalue weighted by molar-refractivity contribution is -0.137. The van der Waals surface area contributed by atoms with Crippen LogP contribution in [0.15, 0.2) is 30.5 Å². The fraction of sp³-hybridized carbons (Fsp3) is 0.182. The van der Waals surface area contributed by atoms with Gasteiger partial charge in [-0.3, -0.25) is 4.68 Å². The van der Waals surface area contributed by atoms with Crippen molar-refractivity contribution in [1.29, 1.82) is 0 Å². The van der Waals surface area contributed by atoms with Gasteiger partial charge in [0.25, 0.3) is 0 Å². The number of nitrogen functional groups attached to an aromatic ring is 1. The molecule has 2 N–H and O–H groups in total. The van der Waals surface area contributed by atoms with Crippen LogP contribution in [0.5, 0.6) is 0 Å². The molecule has 1 heterocycles. The Bertz CT molecular complexity index is 543. The summed E-state index contributed by atoms with van der Waals surface area (Å²) in [6, 6.07) is 5.01. The number of anilines is 1. The molecule has 0 aliphatic heterocycles. The lowest BCUT2D eigenvalue weighted by Crippen LogP contribution is -2.04. The fourth-order valence-corrected chi connectivity index (χ4v) is 1.59. The largest absolute Gasteiger partial charge is 0.416 e. The van der Waals surface area contributed by atoms with Crippen LogP contribution in [-0.2, 0) is 13.2 Å². The summed E-state index contributed by atoms with van der Waals surface area (Å²) in [5, 5.41) is 3.89. The van der Waals surface area contributed by atoms with Crippen LogP contribution >= 0.6 is 0 Å². The van der Waals surface area contributed by atoms with Crippen molar-refractivity contribution in [2.45, 2.75) is 6.18 Å². The summed E-state index contributed by atoms with van der Waals surface area (Å²) in [6.45, 7) is 0. The van der Waals surface area contributed by atoms with E-state index in [0.717, 1.165) is 12.1 Å². The van der Waals surface area contributed by atoms with Crippen molar-refractivity contribution in [2.75, 3.05) is 5.73 Å². The molecule has 6 heteroatoms. The van der Waals surface area contributed by atoms with E-state index < -0.39 is 11.7 Å². The van der Waals surface area contributed by atoms with E-state index in [4.69, 9.17) is 5.73 Å². The molecule has 2 aromatic rings. The number of nitrogens with zero attached hydrogens (tertiary/aromatic N) is 2. The van der Waals surface area contributed by atoms with Gasteiger partial charge in [0.2, 0.25) is 0 Å². The van der Waals surface area contributed by atoms with Crippen LogP contribution in [0.3, 0.4) is 0 Å². The van der Waals surface area contributed by atoms with Gasteiger partial charge in [-0.2, -0.15) is 18.3 Å². The summed E-state index contributed by atoms with van der Waals surface area (Å²) in [6.07, 6.45) is -2.77. The summed E-state index contributed by atoms with van der Waals surface area (Å²) in [4.78, 5) is 0. The van der Waals surface area contributed by atoms with Crippen molar-refractivity contribution in [3.05, 3.63) is 36.0 Å². The highest BCUT2D eigenvalue weighted by atomic mass is 19.4. The van der Waals surface area contributed by atoms with Crippen molar-refractivity contribution < 1.29 is 13.2 Å². The van der Waals surface area contributed by atoms with E-state index in [1.807, 2.05) is 0 Å². The topological polar surface area (TPSA) is 43.8 Å². The van der Waals surface area contributed by atoms with Gasteiger partial charge in [-0.05, 0) is 17.7 Å². The Morgan fingerprint density at radius 3 is 2.53 bits per heavy atom. The molecule has 3 nitrogen and oxygen atoms in total. The molecule has 17 heavy (non-hydrogen) atoms. The smallest absolute Gasteiger partial charge is 0.382 e. The Labute approximate surface area is 95.7 Å². The van der Waals surface area contributed by atoms with Crippen molar-refractivity contribution in [1.82, 2.24) is 9.78 Å². The van der Waals surface area contributed by atoms with Crippen LogP contribution in [0.1, 0.15) is 5.56 Å². The maximum absolute atomic E-state index is 12.5. The van der Waals surface area contributed by atoms with Gasteiger partial charge in [-0.15, -0.1) is 0 Å². The molecule has 0 amide bonds. The van der Waals surface area contributed by atoms with Gasteiger partial charge >= 0.3 is 6.18 Å². The number of aryl methyl sites for hydroxylation is 1. The van der Waals surface area contributed by atoms with Crippen molar-refractivity contribution in [3.8, 4) is 11.1 Å². The minimum absolute atomic E-state index is 0.215. The molecule has 0 bridgehead atoms. The highest BCUT2D eigenvalue weighted by molar-refractivity contribution is 5.73. The average Bonchev–Trinajstić information content (AvgIpc) is 2.57. The highest BCUT2D eigenvalue weighted by Crippen LogP contribution is 2.33. The molecule has 1 aromatic carbocycles. The monoisotopic (exact) mass is 241 g/mol. The first-order valence-corrected chi connectivity index (χ1v) is 4.84. The van der Waals surface area contributed by atoms with E-state index in [2.05, 4.69) is 5.10 Å². The normalized spacial score (nSPS) is 11.8. The number of hydrogen-bond donors (Lipinski definition) is 1. The number of benzene rings is 1. The number of nitrogens with two attached hydrogens (primary N) is 1. The van der Waals surface area contributed by atoms with E-state index in [1.54, 1.807) is 19.3 Å². The van der Waals surface area contributed by atoms with Gasteiger partial charge < -0.3 is 5.73 Å². The van der Waals surface area contributed by atoms with Crippen LogP contribution in [-0.4, -0.2) is 9.78 Å². The average molecular weight is 241 g/mol. The lowest BCUT2D eigenvalue weighted by Gasteiger charge is -2.07. The van der Waals surface area contributed by atoms with Gasteiger partial charge in [0, 0.05) is 18.8 Å². The Morgan fingerprint density at radius 1 is 1.29 bits per heavy atom. The molecule has 1 aromatic heterocycles. The number of alkyl halides is 3. The molecule has 0 aliphatic carbocycles. The molecule has 0 saturated heterocycles. The quantitative estimate of drug-likeness (QED) is 0.834. The van der Waals surface area contributed by atoms with E-state index in [1.165, 1.54) is 10.7 Å². The van der Waals surface area contributed by atoms with E-state index in [-0.39, 0.29) is 5.82 Å². The first kappa shape index (κ1) is 11.5. The SMILES string of the molecule is Cn1cc(-c2cccc(C(F)(F)F)c2)c(N)n1. The minimum Gasteiger partial charge on any atom is -0.382 e. The number of aromatic nitrogens is 2. The predicted molar refractivity (Wildman–Crippen MR) is 58.1 cm³/mol. The van der Waals surface area contributed by atoms with Gasteiger partial charge in [0.1, 0.15) is 0 Å². The number of hydrogen-bond acceptors (Lipinski definition) is 2. The van der Waals surface area contributed by atoms with Crippen LogP contribution in [0.4, 0.5) is 19.0 Å². The Hall–Kier alpha value is -1.98. The maximum atomic E-state index is 12.5. The zero-order valence-corrected chi connectivity index (χ0v) is 8.99. The second kappa shape index (κ2) is 3.80. The van der Waals surface area contributed by atoms with Crippen molar-refractivity contribution in [2.24, 2.45) is 7.05 Å². The standard InChI is InChI=1S/C11H10F3N3/c1-17-6-9(10(15)16-17)7-3-2-4-8(5-7)11(12,13)14/h2-6H,1H3,(H2,15,16). The van der Waals surface area contributed by atoms with Crippen LogP contribution in [0, 0.1) is 0 Å². The third kappa shape index (κ3) is 2.25. The molecule has 0 aliphatic rings. The van der Waals surface area contributed by atoms with Gasteiger partial charge in [-0.25, -0.2) is 0 Å². The summed E-state index contributed by atoms with van der Waals surface area (Å²) >= 11 is 0. The molecule has 90 valence electrons. The fourth-order valence-electron chi connectivity index (χ4n) is 1.59. The molecular formula is C11H10F3N3. The second-order valence-electron chi connectivity index (χ2n) is 3.68. The van der Waals surface area contributed by atoms with E-state index in [9.17, 15) is 13.2 Å². The second-order valence-corrected chi connectivity index (χ2v) is 3.68. The predicted octanol–water partition coefficient (Wildman–Crippen LogP) is 2.69. The molecule has 2 rings (SSSR count). The Morgan fingerprint density at radius 2 is 2.00 bits per heavy atom. The molecular weight excluding hydrogens is 231 g/mol. The molecule has 0 radical (unpaired) electrons.